The highest BCUT2D eigenvalue weighted by Gasteiger charge is 2.56. The quantitative estimate of drug-likeness (QED) is 0.462. The third kappa shape index (κ3) is 4.18. The molecule has 38 heavy (non-hydrogen) atoms. The summed E-state index contributed by atoms with van der Waals surface area (Å²) < 4.78 is 20.6. The number of aromatic nitrogens is 1. The van der Waals surface area contributed by atoms with Gasteiger partial charge < -0.3 is 9.64 Å². The highest BCUT2D eigenvalue weighted by atomic mass is 32.2. The van der Waals surface area contributed by atoms with Crippen LogP contribution in [-0.4, -0.2) is 58.7 Å². The molecule has 3 amide bonds. The molecule has 0 bridgehead atoms. The van der Waals surface area contributed by atoms with Crippen LogP contribution in [0.3, 0.4) is 0 Å². The van der Waals surface area contributed by atoms with Crippen molar-refractivity contribution in [3.8, 4) is 0 Å². The van der Waals surface area contributed by atoms with Crippen molar-refractivity contribution in [2.24, 2.45) is 5.92 Å². The second-order valence-corrected chi connectivity index (χ2v) is 11.7. The summed E-state index contributed by atoms with van der Waals surface area (Å²) in [6.07, 6.45) is 0. The van der Waals surface area contributed by atoms with Crippen molar-refractivity contribution in [3.05, 3.63) is 80.0 Å². The van der Waals surface area contributed by atoms with Crippen LogP contribution in [0.1, 0.15) is 21.9 Å². The second kappa shape index (κ2) is 9.79. The van der Waals surface area contributed by atoms with Crippen LogP contribution >= 0.6 is 23.1 Å². The molecule has 3 aliphatic heterocycles. The number of fused-ring (bicyclic) bond motifs is 2. The van der Waals surface area contributed by atoms with E-state index in [2.05, 4.69) is 0 Å². The smallest absolute Gasteiger partial charge is 0.308 e. The number of nitrogens with zero attached hydrogens (tertiary/aromatic N) is 3. The zero-order valence-corrected chi connectivity index (χ0v) is 22.1. The monoisotopic (exact) mass is 553 g/mol. The number of morpholine rings is 1. The number of imide groups is 1. The number of ether oxygens (including phenoxy) is 1. The van der Waals surface area contributed by atoms with Crippen LogP contribution < -0.4 is 9.77 Å². The van der Waals surface area contributed by atoms with E-state index in [0.717, 1.165) is 16.9 Å². The Hall–Kier alpha value is -3.28. The summed E-state index contributed by atoms with van der Waals surface area (Å²) in [5.41, 5.74) is 2.13. The maximum atomic E-state index is 13.8. The fourth-order valence-electron chi connectivity index (χ4n) is 5.28. The number of benzene rings is 2. The number of hydrogen-bond acceptors (Lipinski definition) is 7. The highest BCUT2D eigenvalue weighted by molar-refractivity contribution is 8.00. The van der Waals surface area contributed by atoms with Crippen LogP contribution in [-0.2, 0) is 25.7 Å². The Balaban J connectivity index is 1.43. The molecular formula is C27H24FN3O5S2. The molecule has 0 aliphatic carbocycles. The molecule has 0 saturated carbocycles. The molecule has 0 radical (unpaired) electrons. The fourth-order valence-corrected chi connectivity index (χ4v) is 8.05. The number of amides is 3. The minimum absolute atomic E-state index is 0.158. The molecule has 2 fully saturated rings. The van der Waals surface area contributed by atoms with E-state index in [0.29, 0.717) is 47.5 Å². The van der Waals surface area contributed by atoms with Crippen molar-refractivity contribution < 1.29 is 23.5 Å². The van der Waals surface area contributed by atoms with Crippen LogP contribution in [0.4, 0.5) is 10.1 Å². The van der Waals surface area contributed by atoms with Gasteiger partial charge in [0, 0.05) is 23.9 Å². The van der Waals surface area contributed by atoms with Crippen LogP contribution in [0, 0.1) is 18.7 Å². The molecule has 8 nitrogen and oxygen atoms in total. The Morgan fingerprint density at radius 2 is 1.68 bits per heavy atom. The van der Waals surface area contributed by atoms with Gasteiger partial charge in [-0.3, -0.25) is 23.7 Å². The molecule has 3 atom stereocenters. The summed E-state index contributed by atoms with van der Waals surface area (Å²) in [5.74, 6) is -2.74. The summed E-state index contributed by atoms with van der Waals surface area (Å²) in [4.78, 5) is 57.0. The first kappa shape index (κ1) is 25.0. The molecule has 0 spiro atoms. The molecule has 11 heteroatoms. The lowest BCUT2D eigenvalue weighted by atomic mass is 9.83. The van der Waals surface area contributed by atoms with E-state index in [1.165, 1.54) is 33.4 Å². The molecule has 6 rings (SSSR count). The lowest BCUT2D eigenvalue weighted by molar-refractivity contribution is -0.136. The minimum atomic E-state index is -0.787. The van der Waals surface area contributed by atoms with Gasteiger partial charge in [0.1, 0.15) is 17.6 Å². The standard InChI is InChI=1S/C27H24FN3O5S2/c1-15-2-8-18(9-3-15)31-24(33)21-20(16-4-6-17(28)7-5-16)23-26(37-22(21)25(31)34)30(27(35)38-23)14-19(32)29-10-12-36-13-11-29/h2-9,20-22H,10-14H2,1H3. The van der Waals surface area contributed by atoms with E-state index in [9.17, 15) is 23.6 Å². The number of hydrogen-bond donors (Lipinski definition) is 0. The first-order valence-corrected chi connectivity index (χ1v) is 14.0. The summed E-state index contributed by atoms with van der Waals surface area (Å²) in [7, 11) is 0. The van der Waals surface area contributed by atoms with Gasteiger partial charge in [-0.1, -0.05) is 52.9 Å². The predicted octanol–water partition coefficient (Wildman–Crippen LogP) is 3.01. The van der Waals surface area contributed by atoms with Gasteiger partial charge in [0.15, 0.2) is 0 Å². The molecule has 196 valence electrons. The minimum Gasteiger partial charge on any atom is -0.378 e. The van der Waals surface area contributed by atoms with E-state index < -0.39 is 22.9 Å². The number of aryl methyl sites for hydroxylation is 1. The molecule has 3 aromatic rings. The Labute approximate surface area is 226 Å². The van der Waals surface area contributed by atoms with Gasteiger partial charge in [0.05, 0.1) is 29.8 Å². The van der Waals surface area contributed by atoms with Gasteiger partial charge in [-0.15, -0.1) is 0 Å². The van der Waals surface area contributed by atoms with Gasteiger partial charge >= 0.3 is 4.87 Å². The van der Waals surface area contributed by atoms with Crippen LogP contribution in [0.15, 0.2) is 58.4 Å². The first-order chi connectivity index (χ1) is 18.3. The number of carbonyl (C=O) groups is 3. The van der Waals surface area contributed by atoms with Crippen molar-refractivity contribution in [2.75, 3.05) is 31.2 Å². The first-order valence-electron chi connectivity index (χ1n) is 12.3. The molecule has 3 aliphatic rings. The predicted molar refractivity (Wildman–Crippen MR) is 141 cm³/mol. The number of halogens is 1. The largest absolute Gasteiger partial charge is 0.378 e. The SMILES string of the molecule is Cc1ccc(N2C(=O)C3Sc4c(sc(=O)n4CC(=O)N4CCOCC4)C(c4ccc(F)cc4)C3C2=O)cc1. The van der Waals surface area contributed by atoms with E-state index >= 15 is 0 Å². The number of carbonyl (C=O) groups excluding carboxylic acids is 3. The summed E-state index contributed by atoms with van der Waals surface area (Å²) in [5, 5.41) is -0.269. The molecule has 2 aromatic carbocycles. The van der Waals surface area contributed by atoms with Crippen molar-refractivity contribution in [2.45, 2.75) is 29.7 Å². The Bertz CT molecular complexity index is 1480. The average Bonchev–Trinajstić information content (AvgIpc) is 3.36. The van der Waals surface area contributed by atoms with Crippen molar-refractivity contribution in [1.29, 1.82) is 0 Å². The van der Waals surface area contributed by atoms with Gasteiger partial charge in [0.25, 0.3) is 0 Å². The van der Waals surface area contributed by atoms with E-state index in [1.807, 2.05) is 19.1 Å². The van der Waals surface area contributed by atoms with E-state index in [4.69, 9.17) is 4.74 Å². The Morgan fingerprint density at radius 3 is 2.37 bits per heavy atom. The number of thioether (sulfide) groups is 1. The van der Waals surface area contributed by atoms with Crippen LogP contribution in [0.2, 0.25) is 0 Å². The number of thiazole rings is 1. The molecule has 3 unspecified atom stereocenters. The van der Waals surface area contributed by atoms with E-state index in [-0.39, 0.29) is 29.1 Å². The molecular weight excluding hydrogens is 529 g/mol. The van der Waals surface area contributed by atoms with E-state index in [1.54, 1.807) is 29.2 Å². The van der Waals surface area contributed by atoms with Crippen molar-refractivity contribution >= 4 is 46.5 Å². The third-order valence-electron chi connectivity index (χ3n) is 7.23. The zero-order valence-electron chi connectivity index (χ0n) is 20.5. The lowest BCUT2D eigenvalue weighted by Crippen LogP contribution is -2.43. The van der Waals surface area contributed by atoms with Crippen molar-refractivity contribution in [1.82, 2.24) is 9.47 Å². The summed E-state index contributed by atoms with van der Waals surface area (Å²) >= 11 is 2.15. The van der Waals surface area contributed by atoms with Gasteiger partial charge in [-0.05, 0) is 36.8 Å². The maximum Gasteiger partial charge on any atom is 0.308 e. The normalized spacial score (nSPS) is 22.9. The van der Waals surface area contributed by atoms with Crippen LogP contribution in [0.5, 0.6) is 0 Å². The summed E-state index contributed by atoms with van der Waals surface area (Å²) in [6, 6.07) is 13.0. The Morgan fingerprint density at radius 1 is 1.00 bits per heavy atom. The molecule has 0 N–H and O–H groups in total. The molecule has 2 saturated heterocycles. The van der Waals surface area contributed by atoms with Crippen molar-refractivity contribution in [3.63, 3.8) is 0 Å². The van der Waals surface area contributed by atoms with Gasteiger partial charge in [-0.25, -0.2) is 9.29 Å². The second-order valence-electron chi connectivity index (χ2n) is 9.56. The molecule has 1 aromatic heterocycles. The van der Waals surface area contributed by atoms with Gasteiger partial charge in [0.2, 0.25) is 17.7 Å². The summed E-state index contributed by atoms with van der Waals surface area (Å²) in [6.45, 7) is 3.56. The Kier molecular flexibility index (Phi) is 6.45. The topological polar surface area (TPSA) is 88.9 Å². The number of anilines is 1. The fraction of sp³-hybridized carbons (Fsp3) is 0.333. The van der Waals surface area contributed by atoms with Crippen LogP contribution in [0.25, 0.3) is 0 Å². The third-order valence-corrected chi connectivity index (χ3v) is 9.83. The average molecular weight is 554 g/mol. The number of rotatable bonds is 4. The van der Waals surface area contributed by atoms with Gasteiger partial charge in [-0.2, -0.15) is 0 Å². The lowest BCUT2D eigenvalue weighted by Gasteiger charge is -2.31. The maximum absolute atomic E-state index is 13.8. The molecule has 4 heterocycles. The highest BCUT2D eigenvalue weighted by Crippen LogP contribution is 2.53. The zero-order chi connectivity index (χ0) is 26.6.